The molecule has 5 nitrogen and oxygen atoms in total. The number of aryl methyl sites for hydroxylation is 2. The summed E-state index contributed by atoms with van der Waals surface area (Å²) in [4.78, 5) is 17.4. The van der Waals surface area contributed by atoms with Crippen LogP contribution in [0.4, 0.5) is 0 Å². The van der Waals surface area contributed by atoms with Crippen LogP contribution in [0.1, 0.15) is 40.6 Å². The van der Waals surface area contributed by atoms with Gasteiger partial charge in [0.05, 0.1) is 11.7 Å². The van der Waals surface area contributed by atoms with Crippen molar-refractivity contribution in [3.63, 3.8) is 0 Å². The van der Waals surface area contributed by atoms with Gasteiger partial charge in [-0.05, 0) is 31.9 Å². The zero-order valence-electron chi connectivity index (χ0n) is 11.6. The molecule has 1 unspecified atom stereocenters. The summed E-state index contributed by atoms with van der Waals surface area (Å²) in [5.41, 5.74) is 2.50. The molecule has 0 saturated carbocycles. The number of carbonyl (C=O) groups excluding carboxylic acids is 1. The molecular formula is C14H17ClN4O. The van der Waals surface area contributed by atoms with Gasteiger partial charge in [0.1, 0.15) is 10.8 Å². The highest BCUT2D eigenvalue weighted by Crippen LogP contribution is 2.38. The summed E-state index contributed by atoms with van der Waals surface area (Å²) in [6.45, 7) is 2.70. The number of hydrogen-bond acceptors (Lipinski definition) is 2. The molecule has 1 aliphatic heterocycles. The van der Waals surface area contributed by atoms with Crippen molar-refractivity contribution in [3.8, 4) is 0 Å². The molecule has 2 aromatic rings. The van der Waals surface area contributed by atoms with E-state index in [1.54, 1.807) is 16.9 Å². The molecule has 20 heavy (non-hydrogen) atoms. The van der Waals surface area contributed by atoms with E-state index >= 15 is 0 Å². The number of amides is 1. The number of aromatic amines is 1. The lowest BCUT2D eigenvalue weighted by Gasteiger charge is -2.24. The van der Waals surface area contributed by atoms with E-state index in [4.69, 9.17) is 11.6 Å². The van der Waals surface area contributed by atoms with E-state index in [1.165, 1.54) is 0 Å². The molecule has 1 N–H and O–H groups in total. The van der Waals surface area contributed by atoms with Crippen LogP contribution >= 0.6 is 11.6 Å². The maximum Gasteiger partial charge on any atom is 0.270 e. The number of rotatable bonds is 2. The van der Waals surface area contributed by atoms with Crippen molar-refractivity contribution in [2.24, 2.45) is 7.05 Å². The van der Waals surface area contributed by atoms with E-state index in [-0.39, 0.29) is 11.9 Å². The van der Waals surface area contributed by atoms with Crippen LogP contribution in [0.25, 0.3) is 0 Å². The van der Waals surface area contributed by atoms with Crippen LogP contribution in [0.15, 0.2) is 18.3 Å². The molecule has 1 atom stereocenters. The van der Waals surface area contributed by atoms with Crippen molar-refractivity contribution in [1.82, 2.24) is 19.7 Å². The topological polar surface area (TPSA) is 53.9 Å². The number of hydrogen-bond donors (Lipinski definition) is 1. The van der Waals surface area contributed by atoms with Crippen LogP contribution in [-0.2, 0) is 7.05 Å². The number of H-pyrrole nitrogens is 1. The Kier molecular flexibility index (Phi) is 3.30. The SMILES string of the molecule is Cc1nn(C)c(Cl)c1C1CCCN1C(=O)c1ccc[nH]1. The molecule has 3 rings (SSSR count). The Labute approximate surface area is 122 Å². The quantitative estimate of drug-likeness (QED) is 0.925. The van der Waals surface area contributed by atoms with Gasteiger partial charge in [-0.25, -0.2) is 0 Å². The van der Waals surface area contributed by atoms with Crippen LogP contribution in [0.3, 0.4) is 0 Å². The molecule has 0 radical (unpaired) electrons. The molecule has 1 fully saturated rings. The first-order valence-electron chi connectivity index (χ1n) is 6.73. The first-order chi connectivity index (χ1) is 9.59. The minimum absolute atomic E-state index is 0.0204. The number of aromatic nitrogens is 3. The maximum absolute atomic E-state index is 12.5. The summed E-state index contributed by atoms with van der Waals surface area (Å²) in [6.07, 6.45) is 3.68. The van der Waals surface area contributed by atoms with E-state index in [9.17, 15) is 4.79 Å². The predicted molar refractivity (Wildman–Crippen MR) is 76.8 cm³/mol. The lowest BCUT2D eigenvalue weighted by atomic mass is 10.1. The molecule has 0 spiro atoms. The average molecular weight is 293 g/mol. The fourth-order valence-corrected chi connectivity index (χ4v) is 3.25. The monoisotopic (exact) mass is 292 g/mol. The standard InChI is InChI=1S/C14H17ClN4O/c1-9-12(13(15)18(2)17-9)11-6-4-8-19(11)14(20)10-5-3-7-16-10/h3,5,7,11,16H,4,6,8H2,1-2H3. The Hall–Kier alpha value is -1.75. The minimum Gasteiger partial charge on any atom is -0.357 e. The highest BCUT2D eigenvalue weighted by Gasteiger charge is 2.34. The third-order valence-electron chi connectivity index (χ3n) is 3.87. The molecule has 1 amide bonds. The number of halogens is 1. The Morgan fingerprint density at radius 3 is 2.95 bits per heavy atom. The van der Waals surface area contributed by atoms with Crippen molar-refractivity contribution in [3.05, 3.63) is 40.4 Å². The van der Waals surface area contributed by atoms with Gasteiger partial charge in [0.2, 0.25) is 0 Å². The van der Waals surface area contributed by atoms with Crippen molar-refractivity contribution >= 4 is 17.5 Å². The first kappa shape index (κ1) is 13.2. The van der Waals surface area contributed by atoms with Gasteiger partial charge in [0.15, 0.2) is 0 Å². The smallest absolute Gasteiger partial charge is 0.270 e. The maximum atomic E-state index is 12.5. The molecule has 1 saturated heterocycles. The summed E-state index contributed by atoms with van der Waals surface area (Å²) >= 11 is 6.34. The van der Waals surface area contributed by atoms with E-state index < -0.39 is 0 Å². The van der Waals surface area contributed by atoms with Crippen LogP contribution in [-0.4, -0.2) is 32.1 Å². The van der Waals surface area contributed by atoms with Gasteiger partial charge in [-0.2, -0.15) is 5.10 Å². The number of likely N-dealkylation sites (tertiary alicyclic amines) is 1. The Morgan fingerprint density at radius 2 is 2.35 bits per heavy atom. The fourth-order valence-electron chi connectivity index (χ4n) is 2.95. The Morgan fingerprint density at radius 1 is 1.55 bits per heavy atom. The number of nitrogens with zero attached hydrogens (tertiary/aromatic N) is 3. The second kappa shape index (κ2) is 4.98. The third-order valence-corrected chi connectivity index (χ3v) is 4.32. The van der Waals surface area contributed by atoms with Gasteiger partial charge in [0.25, 0.3) is 5.91 Å². The predicted octanol–water partition coefficient (Wildman–Crippen LogP) is 2.69. The Bertz CT molecular complexity index is 632. The molecule has 0 aliphatic carbocycles. The van der Waals surface area contributed by atoms with Crippen molar-refractivity contribution in [1.29, 1.82) is 0 Å². The van der Waals surface area contributed by atoms with Gasteiger partial charge < -0.3 is 9.88 Å². The normalized spacial score (nSPS) is 18.8. The molecule has 6 heteroatoms. The lowest BCUT2D eigenvalue weighted by Crippen LogP contribution is -2.31. The Balaban J connectivity index is 1.95. The molecule has 0 bridgehead atoms. The summed E-state index contributed by atoms with van der Waals surface area (Å²) in [5.74, 6) is 0.0248. The van der Waals surface area contributed by atoms with Gasteiger partial charge >= 0.3 is 0 Å². The van der Waals surface area contributed by atoms with E-state index in [0.29, 0.717) is 10.8 Å². The molecule has 1 aliphatic rings. The summed E-state index contributed by atoms with van der Waals surface area (Å²) in [6, 6.07) is 3.66. The fraction of sp³-hybridized carbons (Fsp3) is 0.429. The first-order valence-corrected chi connectivity index (χ1v) is 7.10. The molecule has 0 aromatic carbocycles. The second-order valence-corrected chi connectivity index (χ2v) is 5.51. The van der Waals surface area contributed by atoms with Gasteiger partial charge in [-0.3, -0.25) is 9.48 Å². The summed E-state index contributed by atoms with van der Waals surface area (Å²) in [7, 11) is 1.82. The van der Waals surface area contributed by atoms with E-state index in [2.05, 4.69) is 10.1 Å². The minimum atomic E-state index is 0.0204. The van der Waals surface area contributed by atoms with Gasteiger partial charge in [-0.15, -0.1) is 0 Å². The molecule has 3 heterocycles. The highest BCUT2D eigenvalue weighted by atomic mass is 35.5. The van der Waals surface area contributed by atoms with Crippen LogP contribution in [0, 0.1) is 6.92 Å². The summed E-state index contributed by atoms with van der Waals surface area (Å²) < 4.78 is 1.67. The third kappa shape index (κ3) is 2.02. The average Bonchev–Trinajstić information content (AvgIpc) is 3.12. The largest absolute Gasteiger partial charge is 0.357 e. The van der Waals surface area contributed by atoms with Crippen LogP contribution < -0.4 is 0 Å². The van der Waals surface area contributed by atoms with Gasteiger partial charge in [-0.1, -0.05) is 11.6 Å². The van der Waals surface area contributed by atoms with Crippen LogP contribution in [0.2, 0.25) is 5.15 Å². The lowest BCUT2D eigenvalue weighted by molar-refractivity contribution is 0.0730. The highest BCUT2D eigenvalue weighted by molar-refractivity contribution is 6.30. The van der Waals surface area contributed by atoms with E-state index in [1.807, 2.05) is 24.9 Å². The zero-order valence-corrected chi connectivity index (χ0v) is 12.3. The molecular weight excluding hydrogens is 276 g/mol. The van der Waals surface area contributed by atoms with Crippen molar-refractivity contribution in [2.75, 3.05) is 6.54 Å². The summed E-state index contributed by atoms with van der Waals surface area (Å²) in [5, 5.41) is 4.97. The van der Waals surface area contributed by atoms with Gasteiger partial charge in [0, 0.05) is 25.4 Å². The van der Waals surface area contributed by atoms with Crippen LogP contribution in [0.5, 0.6) is 0 Å². The van der Waals surface area contributed by atoms with E-state index in [0.717, 1.165) is 30.6 Å². The molecule has 2 aromatic heterocycles. The zero-order chi connectivity index (χ0) is 14.3. The molecule has 106 valence electrons. The number of nitrogens with one attached hydrogen (secondary N) is 1. The number of carbonyl (C=O) groups is 1. The van der Waals surface area contributed by atoms with Crippen molar-refractivity contribution < 1.29 is 4.79 Å². The second-order valence-electron chi connectivity index (χ2n) is 5.15. The van der Waals surface area contributed by atoms with Crippen molar-refractivity contribution in [2.45, 2.75) is 25.8 Å².